The maximum Gasteiger partial charge on any atom is 0.129 e. The molecule has 0 aliphatic carbocycles. The van der Waals surface area contributed by atoms with Crippen LogP contribution in [0.2, 0.25) is 0 Å². The van der Waals surface area contributed by atoms with Gasteiger partial charge in [-0.1, -0.05) is 6.07 Å². The largest absolute Gasteiger partial charge is 0.392 e. The van der Waals surface area contributed by atoms with E-state index in [1.54, 1.807) is 0 Å². The highest BCUT2D eigenvalue weighted by Gasteiger charge is 2.14. The zero-order chi connectivity index (χ0) is 12.3. The van der Waals surface area contributed by atoms with Crippen molar-refractivity contribution in [2.45, 2.75) is 18.9 Å². The first kappa shape index (κ1) is 12.2. The molecule has 0 aliphatic heterocycles. The van der Waals surface area contributed by atoms with Crippen LogP contribution in [0.3, 0.4) is 0 Å². The third-order valence-corrected chi connectivity index (χ3v) is 3.28. The van der Waals surface area contributed by atoms with Crippen LogP contribution in [0.4, 0.5) is 8.78 Å². The van der Waals surface area contributed by atoms with E-state index in [1.807, 2.05) is 16.8 Å². The summed E-state index contributed by atoms with van der Waals surface area (Å²) in [5.41, 5.74) is 0.939. The maximum absolute atomic E-state index is 13.3. The molecule has 0 fully saturated rings. The second-order valence-corrected chi connectivity index (χ2v) is 4.67. The van der Waals surface area contributed by atoms with E-state index in [0.29, 0.717) is 6.42 Å². The van der Waals surface area contributed by atoms with Gasteiger partial charge in [0.2, 0.25) is 0 Å². The zero-order valence-corrected chi connectivity index (χ0v) is 9.88. The number of aliphatic hydroxyl groups excluding tert-OH is 1. The predicted octanol–water partition coefficient (Wildman–Crippen LogP) is 3.17. The van der Waals surface area contributed by atoms with Crippen molar-refractivity contribution < 1.29 is 13.9 Å². The predicted molar refractivity (Wildman–Crippen MR) is 64.1 cm³/mol. The molecular weight excluding hydrogens is 242 g/mol. The Morgan fingerprint density at radius 3 is 2.41 bits per heavy atom. The monoisotopic (exact) mass is 254 g/mol. The molecule has 1 unspecified atom stereocenters. The molecule has 2 rings (SSSR count). The average Bonchev–Trinajstić information content (AvgIpc) is 2.76. The highest BCUT2D eigenvalue weighted by Crippen LogP contribution is 2.16. The van der Waals surface area contributed by atoms with Crippen molar-refractivity contribution in [1.29, 1.82) is 0 Å². The number of hydrogen-bond donors (Lipinski definition) is 1. The van der Waals surface area contributed by atoms with Crippen molar-refractivity contribution in [2.75, 3.05) is 0 Å². The second-order valence-electron chi connectivity index (χ2n) is 3.89. The van der Waals surface area contributed by atoms with E-state index in [1.165, 1.54) is 29.5 Å². The smallest absolute Gasteiger partial charge is 0.129 e. The molecule has 17 heavy (non-hydrogen) atoms. The zero-order valence-electron chi connectivity index (χ0n) is 9.07. The van der Waals surface area contributed by atoms with Gasteiger partial charge in [-0.3, -0.25) is 0 Å². The quantitative estimate of drug-likeness (QED) is 0.888. The first-order valence-electron chi connectivity index (χ1n) is 5.29. The van der Waals surface area contributed by atoms with Crippen LogP contribution < -0.4 is 0 Å². The van der Waals surface area contributed by atoms with Crippen LogP contribution in [0.25, 0.3) is 0 Å². The van der Waals surface area contributed by atoms with Gasteiger partial charge in [-0.05, 0) is 40.9 Å². The van der Waals surface area contributed by atoms with Gasteiger partial charge < -0.3 is 5.11 Å². The van der Waals surface area contributed by atoms with Gasteiger partial charge in [0.25, 0.3) is 0 Å². The van der Waals surface area contributed by atoms with Crippen molar-refractivity contribution in [1.82, 2.24) is 0 Å². The van der Waals surface area contributed by atoms with Crippen LogP contribution in [0, 0.1) is 11.6 Å². The summed E-state index contributed by atoms with van der Waals surface area (Å²) >= 11 is 1.53. The van der Waals surface area contributed by atoms with Gasteiger partial charge in [0.15, 0.2) is 0 Å². The fourth-order valence-corrected chi connectivity index (χ4v) is 2.40. The van der Waals surface area contributed by atoms with Crippen molar-refractivity contribution in [3.05, 3.63) is 57.8 Å². The van der Waals surface area contributed by atoms with Crippen molar-refractivity contribution >= 4 is 11.3 Å². The molecule has 0 bridgehead atoms. The minimum Gasteiger partial charge on any atom is -0.392 e. The standard InChI is InChI=1S/C13H12F2OS/c14-12-2-1-3-13(15)11(12)7-10(16)6-9-4-5-17-8-9/h1-5,8,10,16H,6-7H2. The molecule has 1 atom stereocenters. The highest BCUT2D eigenvalue weighted by molar-refractivity contribution is 7.07. The topological polar surface area (TPSA) is 20.2 Å². The number of hydrogen-bond acceptors (Lipinski definition) is 2. The third-order valence-electron chi connectivity index (χ3n) is 2.55. The highest BCUT2D eigenvalue weighted by atomic mass is 32.1. The molecule has 0 saturated heterocycles. The Balaban J connectivity index is 2.05. The number of aliphatic hydroxyl groups is 1. The molecule has 1 aromatic carbocycles. The molecule has 0 radical (unpaired) electrons. The van der Waals surface area contributed by atoms with Gasteiger partial charge in [0.1, 0.15) is 11.6 Å². The van der Waals surface area contributed by atoms with Gasteiger partial charge in [0.05, 0.1) is 6.10 Å². The molecular formula is C13H12F2OS. The molecule has 1 heterocycles. The molecule has 0 saturated carbocycles. The summed E-state index contributed by atoms with van der Waals surface area (Å²) in [4.78, 5) is 0. The van der Waals surface area contributed by atoms with E-state index in [0.717, 1.165) is 5.56 Å². The van der Waals surface area contributed by atoms with Crippen molar-refractivity contribution in [3.63, 3.8) is 0 Å². The van der Waals surface area contributed by atoms with Crippen LogP contribution in [0.15, 0.2) is 35.0 Å². The Morgan fingerprint density at radius 1 is 1.12 bits per heavy atom. The lowest BCUT2D eigenvalue weighted by atomic mass is 10.0. The van der Waals surface area contributed by atoms with Crippen LogP contribution >= 0.6 is 11.3 Å². The Bertz CT molecular complexity index is 462. The lowest BCUT2D eigenvalue weighted by molar-refractivity contribution is 0.173. The molecule has 0 amide bonds. The van der Waals surface area contributed by atoms with E-state index < -0.39 is 17.7 Å². The van der Waals surface area contributed by atoms with Gasteiger partial charge in [-0.2, -0.15) is 11.3 Å². The van der Waals surface area contributed by atoms with Gasteiger partial charge in [-0.15, -0.1) is 0 Å². The van der Waals surface area contributed by atoms with E-state index in [9.17, 15) is 13.9 Å². The van der Waals surface area contributed by atoms with Crippen LogP contribution in [-0.4, -0.2) is 11.2 Å². The van der Waals surface area contributed by atoms with E-state index >= 15 is 0 Å². The fraction of sp³-hybridized carbons (Fsp3) is 0.231. The lowest BCUT2D eigenvalue weighted by Gasteiger charge is -2.11. The van der Waals surface area contributed by atoms with Crippen LogP contribution in [0.1, 0.15) is 11.1 Å². The lowest BCUT2D eigenvalue weighted by Crippen LogP contribution is -2.15. The Kier molecular flexibility index (Phi) is 3.86. The molecule has 1 nitrogen and oxygen atoms in total. The SMILES string of the molecule is OC(Cc1ccsc1)Cc1c(F)cccc1F. The molecule has 2 aromatic rings. The molecule has 1 N–H and O–H groups in total. The molecule has 90 valence electrons. The Morgan fingerprint density at radius 2 is 1.82 bits per heavy atom. The first-order valence-corrected chi connectivity index (χ1v) is 6.23. The number of thiophene rings is 1. The van der Waals surface area contributed by atoms with Gasteiger partial charge >= 0.3 is 0 Å². The summed E-state index contributed by atoms with van der Waals surface area (Å²) in [5, 5.41) is 13.6. The second kappa shape index (κ2) is 5.38. The van der Waals surface area contributed by atoms with E-state index in [-0.39, 0.29) is 12.0 Å². The summed E-state index contributed by atoms with van der Waals surface area (Å²) in [7, 11) is 0. The maximum atomic E-state index is 13.3. The Hall–Kier alpha value is -1.26. The summed E-state index contributed by atoms with van der Waals surface area (Å²) in [6, 6.07) is 5.62. The first-order chi connectivity index (χ1) is 8.16. The molecule has 0 spiro atoms. The average molecular weight is 254 g/mol. The van der Waals surface area contributed by atoms with Gasteiger partial charge in [0, 0.05) is 12.0 Å². The molecule has 0 aliphatic rings. The summed E-state index contributed by atoms with van der Waals surface area (Å²) in [5.74, 6) is -1.20. The summed E-state index contributed by atoms with van der Waals surface area (Å²) in [6.07, 6.45) is -0.359. The minimum absolute atomic E-state index is 0.00560. The number of benzene rings is 1. The Labute approximate surface area is 102 Å². The van der Waals surface area contributed by atoms with E-state index in [4.69, 9.17) is 0 Å². The minimum atomic E-state index is -0.768. The van der Waals surface area contributed by atoms with Crippen molar-refractivity contribution in [3.8, 4) is 0 Å². The third kappa shape index (κ3) is 3.11. The van der Waals surface area contributed by atoms with Crippen molar-refractivity contribution in [2.24, 2.45) is 0 Å². The fourth-order valence-electron chi connectivity index (χ4n) is 1.72. The number of halogens is 2. The molecule has 4 heteroatoms. The summed E-state index contributed by atoms with van der Waals surface area (Å²) in [6.45, 7) is 0. The van der Waals surface area contributed by atoms with E-state index in [2.05, 4.69) is 0 Å². The van der Waals surface area contributed by atoms with Gasteiger partial charge in [-0.25, -0.2) is 8.78 Å². The number of rotatable bonds is 4. The summed E-state index contributed by atoms with van der Waals surface area (Å²) < 4.78 is 26.7. The normalized spacial score (nSPS) is 12.6. The molecule has 1 aromatic heterocycles. The van der Waals surface area contributed by atoms with Crippen LogP contribution in [0.5, 0.6) is 0 Å². The van der Waals surface area contributed by atoms with Crippen LogP contribution in [-0.2, 0) is 12.8 Å².